The Hall–Kier alpha value is -2.88. The zero-order valence-corrected chi connectivity index (χ0v) is 21.7. The summed E-state index contributed by atoms with van der Waals surface area (Å²) in [7, 11) is 1.76. The van der Waals surface area contributed by atoms with E-state index in [4.69, 9.17) is 0 Å². The van der Waals surface area contributed by atoms with E-state index in [0.29, 0.717) is 19.0 Å². The molecule has 176 valence electrons. The first-order chi connectivity index (χ1) is 15.6. The maximum Gasteiger partial charge on any atom is 0.227 e. The van der Waals surface area contributed by atoms with Gasteiger partial charge in [0.15, 0.2) is 5.96 Å². The summed E-state index contributed by atoms with van der Waals surface area (Å²) < 4.78 is 1.92. The fraction of sp³-hybridized carbons (Fsp3) is 0.320. The summed E-state index contributed by atoms with van der Waals surface area (Å²) in [4.78, 5) is 16.5. The maximum atomic E-state index is 12.2. The van der Waals surface area contributed by atoms with E-state index in [0.717, 1.165) is 24.2 Å². The lowest BCUT2D eigenvalue weighted by atomic mass is 10.1. The first kappa shape index (κ1) is 26.4. The second-order valence-corrected chi connectivity index (χ2v) is 7.75. The van der Waals surface area contributed by atoms with E-state index in [-0.39, 0.29) is 35.8 Å². The zero-order valence-electron chi connectivity index (χ0n) is 19.4. The number of rotatable bonds is 9. The number of carbonyl (C=O) groups is 1. The van der Waals surface area contributed by atoms with Crippen LogP contribution in [-0.4, -0.2) is 28.7 Å². The fourth-order valence-electron chi connectivity index (χ4n) is 3.25. The number of nitrogens with one attached hydrogen (secondary N) is 3. The van der Waals surface area contributed by atoms with Crippen molar-refractivity contribution in [3.8, 4) is 0 Å². The van der Waals surface area contributed by atoms with Gasteiger partial charge in [0.25, 0.3) is 0 Å². The average Bonchev–Trinajstić information content (AvgIpc) is 3.33. The van der Waals surface area contributed by atoms with Crippen molar-refractivity contribution in [2.45, 2.75) is 39.9 Å². The lowest BCUT2D eigenvalue weighted by Crippen LogP contribution is -2.36. The van der Waals surface area contributed by atoms with Crippen molar-refractivity contribution in [1.82, 2.24) is 20.4 Å². The van der Waals surface area contributed by atoms with Crippen LogP contribution >= 0.6 is 24.0 Å². The molecule has 0 saturated heterocycles. The van der Waals surface area contributed by atoms with Gasteiger partial charge in [-0.3, -0.25) is 14.5 Å². The summed E-state index contributed by atoms with van der Waals surface area (Å²) in [5.41, 5.74) is 4.28. The molecule has 1 atom stereocenters. The minimum Gasteiger partial charge on any atom is -0.352 e. The molecule has 33 heavy (non-hydrogen) atoms. The van der Waals surface area contributed by atoms with Gasteiger partial charge in [0.2, 0.25) is 5.91 Å². The molecule has 1 amide bonds. The number of carbonyl (C=O) groups excluding carboxylic acids is 1. The van der Waals surface area contributed by atoms with Gasteiger partial charge in [-0.1, -0.05) is 50.2 Å². The van der Waals surface area contributed by atoms with Gasteiger partial charge < -0.3 is 16.0 Å². The van der Waals surface area contributed by atoms with E-state index in [2.05, 4.69) is 38.2 Å². The summed E-state index contributed by atoms with van der Waals surface area (Å²) in [5.74, 6) is 0.757. The number of anilines is 1. The predicted octanol–water partition coefficient (Wildman–Crippen LogP) is 4.40. The largest absolute Gasteiger partial charge is 0.352 e. The highest BCUT2D eigenvalue weighted by molar-refractivity contribution is 14.0. The third kappa shape index (κ3) is 8.20. The number of guanidine groups is 1. The van der Waals surface area contributed by atoms with Crippen molar-refractivity contribution in [2.75, 3.05) is 12.4 Å². The smallest absolute Gasteiger partial charge is 0.227 e. The van der Waals surface area contributed by atoms with Gasteiger partial charge in [0, 0.05) is 44.1 Å². The molecule has 3 rings (SSSR count). The molecule has 0 aliphatic rings. The van der Waals surface area contributed by atoms with E-state index in [1.807, 2.05) is 67.2 Å². The standard InChI is InChI=1S/C25H32N6O.HI/c1-4-19(2)24(32)30-23-12-7-9-20(15-23)16-27-25(26-3)28-17-21-10-5-6-11-22(21)18-31-14-8-13-29-31;/h5-15,19H,4,16-18H2,1-3H3,(H,30,32)(H2,26,27,28);1H. The van der Waals surface area contributed by atoms with Crippen molar-refractivity contribution in [1.29, 1.82) is 0 Å². The van der Waals surface area contributed by atoms with E-state index in [1.54, 1.807) is 13.2 Å². The molecule has 0 saturated carbocycles. The first-order valence-corrected chi connectivity index (χ1v) is 11.0. The minimum absolute atomic E-state index is 0. The number of hydrogen-bond acceptors (Lipinski definition) is 3. The van der Waals surface area contributed by atoms with E-state index < -0.39 is 0 Å². The summed E-state index contributed by atoms with van der Waals surface area (Å²) in [6, 6.07) is 18.1. The molecule has 0 aliphatic carbocycles. The quantitative estimate of drug-likeness (QED) is 0.206. The Balaban J connectivity index is 0.00000385. The highest BCUT2D eigenvalue weighted by atomic mass is 127. The third-order valence-corrected chi connectivity index (χ3v) is 5.39. The van der Waals surface area contributed by atoms with E-state index in [1.165, 1.54) is 11.1 Å². The minimum atomic E-state index is -0.00372. The molecule has 1 heterocycles. The van der Waals surface area contributed by atoms with Crippen molar-refractivity contribution < 1.29 is 4.79 Å². The number of hydrogen-bond donors (Lipinski definition) is 3. The Morgan fingerprint density at radius 1 is 1.06 bits per heavy atom. The summed E-state index contributed by atoms with van der Waals surface area (Å²) >= 11 is 0. The number of aliphatic imine (C=N–C) groups is 1. The molecule has 3 N–H and O–H groups in total. The topological polar surface area (TPSA) is 83.3 Å². The predicted molar refractivity (Wildman–Crippen MR) is 145 cm³/mol. The van der Waals surface area contributed by atoms with Crippen LogP contribution in [0.1, 0.15) is 37.0 Å². The van der Waals surface area contributed by atoms with Gasteiger partial charge in [-0.25, -0.2) is 0 Å². The Morgan fingerprint density at radius 3 is 2.52 bits per heavy atom. The molecule has 0 radical (unpaired) electrons. The highest BCUT2D eigenvalue weighted by Crippen LogP contribution is 2.13. The second kappa shape index (κ2) is 13.6. The second-order valence-electron chi connectivity index (χ2n) is 7.75. The molecule has 8 heteroatoms. The highest BCUT2D eigenvalue weighted by Gasteiger charge is 2.10. The van der Waals surface area contributed by atoms with Gasteiger partial charge in [0.05, 0.1) is 6.54 Å². The number of nitrogens with zero attached hydrogens (tertiary/aromatic N) is 3. The van der Waals surface area contributed by atoms with Gasteiger partial charge in [-0.05, 0) is 41.3 Å². The molecule has 0 aliphatic heterocycles. The van der Waals surface area contributed by atoms with Gasteiger partial charge >= 0.3 is 0 Å². The normalized spacial score (nSPS) is 11.9. The van der Waals surface area contributed by atoms with Crippen molar-refractivity contribution in [2.24, 2.45) is 10.9 Å². The number of benzene rings is 2. The molecule has 0 fully saturated rings. The van der Waals surface area contributed by atoms with Crippen LogP contribution in [-0.2, 0) is 24.4 Å². The molecule has 0 bridgehead atoms. The van der Waals surface area contributed by atoms with E-state index >= 15 is 0 Å². The van der Waals surface area contributed by atoms with Gasteiger partial charge in [-0.2, -0.15) is 5.10 Å². The van der Waals surface area contributed by atoms with E-state index in [9.17, 15) is 4.79 Å². The lowest BCUT2D eigenvalue weighted by molar-refractivity contribution is -0.119. The Labute approximate surface area is 213 Å². The number of amides is 1. The fourth-order valence-corrected chi connectivity index (χ4v) is 3.25. The molecule has 7 nitrogen and oxygen atoms in total. The summed E-state index contributed by atoms with van der Waals surface area (Å²) in [6.07, 6.45) is 4.57. The summed E-state index contributed by atoms with van der Waals surface area (Å²) in [5, 5.41) is 14.0. The van der Waals surface area contributed by atoms with Crippen LogP contribution in [0.5, 0.6) is 0 Å². The molecule has 2 aromatic carbocycles. The average molecular weight is 560 g/mol. The third-order valence-electron chi connectivity index (χ3n) is 5.39. The monoisotopic (exact) mass is 560 g/mol. The SMILES string of the molecule is CCC(C)C(=O)Nc1cccc(CNC(=NC)NCc2ccccc2Cn2cccn2)c1.I. The molecule has 3 aromatic rings. The van der Waals surface area contributed by atoms with Crippen LogP contribution in [0.15, 0.2) is 72.0 Å². The van der Waals surface area contributed by atoms with Gasteiger partial charge in [-0.15, -0.1) is 24.0 Å². The van der Waals surface area contributed by atoms with Crippen LogP contribution in [0.4, 0.5) is 5.69 Å². The summed E-state index contributed by atoms with van der Waals surface area (Å²) in [6.45, 7) is 5.93. The van der Waals surface area contributed by atoms with Crippen LogP contribution in [0, 0.1) is 5.92 Å². The molecular formula is C25H33IN6O. The maximum absolute atomic E-state index is 12.2. The molecule has 0 spiro atoms. The Bertz CT molecular complexity index is 1030. The lowest BCUT2D eigenvalue weighted by Gasteiger charge is -2.15. The Kier molecular flexibility index (Phi) is 10.9. The van der Waals surface area contributed by atoms with Crippen molar-refractivity contribution >= 4 is 41.5 Å². The molecule has 1 unspecified atom stereocenters. The van der Waals surface area contributed by atoms with Crippen LogP contribution in [0.2, 0.25) is 0 Å². The molecule has 1 aromatic heterocycles. The molecular weight excluding hydrogens is 527 g/mol. The zero-order chi connectivity index (χ0) is 22.8. The van der Waals surface area contributed by atoms with Crippen LogP contribution < -0.4 is 16.0 Å². The van der Waals surface area contributed by atoms with Crippen LogP contribution in [0.3, 0.4) is 0 Å². The van der Waals surface area contributed by atoms with Crippen LogP contribution in [0.25, 0.3) is 0 Å². The number of halogens is 1. The first-order valence-electron chi connectivity index (χ1n) is 11.0. The van der Waals surface area contributed by atoms with Crippen molar-refractivity contribution in [3.05, 3.63) is 83.7 Å². The number of aromatic nitrogens is 2. The Morgan fingerprint density at radius 2 is 1.82 bits per heavy atom. The van der Waals surface area contributed by atoms with Gasteiger partial charge in [0.1, 0.15) is 0 Å². The van der Waals surface area contributed by atoms with Crippen molar-refractivity contribution in [3.63, 3.8) is 0 Å².